The molecule has 5 heteroatoms. The van der Waals surface area contributed by atoms with Gasteiger partial charge >= 0.3 is 0 Å². The van der Waals surface area contributed by atoms with Gasteiger partial charge in [0, 0.05) is 19.1 Å². The summed E-state index contributed by atoms with van der Waals surface area (Å²) < 4.78 is 0. The third kappa shape index (κ3) is 4.67. The Morgan fingerprint density at radius 1 is 1.29 bits per heavy atom. The molecular weight excluding hydrogens is 284 g/mol. The topological polar surface area (TPSA) is 61.4 Å². The number of benzene rings is 1. The van der Waals surface area contributed by atoms with E-state index in [1.54, 1.807) is 0 Å². The normalized spacial score (nSPS) is 12.1. The smallest absolute Gasteiger partial charge is 0.261 e. The van der Waals surface area contributed by atoms with Crippen LogP contribution in [0.1, 0.15) is 33.8 Å². The van der Waals surface area contributed by atoms with E-state index in [0.717, 1.165) is 16.0 Å². The highest BCUT2D eigenvalue weighted by atomic mass is 32.1. The average Bonchev–Trinajstić information content (AvgIpc) is 3.05. The number of nitrogens with one attached hydrogen (secondary N) is 2. The van der Waals surface area contributed by atoms with Gasteiger partial charge in [-0.05, 0) is 29.5 Å². The zero-order chi connectivity index (χ0) is 15.1. The Balaban J connectivity index is 1.74. The molecular formula is C16H20N2O2S. The molecule has 2 rings (SSSR count). The minimum Gasteiger partial charge on any atom is -0.392 e. The van der Waals surface area contributed by atoms with Crippen molar-refractivity contribution in [3.05, 3.63) is 57.8 Å². The molecule has 0 radical (unpaired) electrons. The summed E-state index contributed by atoms with van der Waals surface area (Å²) in [6.45, 7) is 3.40. The van der Waals surface area contributed by atoms with Crippen molar-refractivity contribution in [3.63, 3.8) is 0 Å². The van der Waals surface area contributed by atoms with Crippen molar-refractivity contribution < 1.29 is 9.90 Å². The van der Waals surface area contributed by atoms with E-state index in [4.69, 9.17) is 5.11 Å². The lowest BCUT2D eigenvalue weighted by Gasteiger charge is -2.15. The van der Waals surface area contributed by atoms with Gasteiger partial charge in [0.1, 0.15) is 0 Å². The highest BCUT2D eigenvalue weighted by Crippen LogP contribution is 2.14. The number of rotatable bonds is 7. The van der Waals surface area contributed by atoms with Crippen LogP contribution in [0.25, 0.3) is 0 Å². The van der Waals surface area contributed by atoms with Crippen LogP contribution >= 0.6 is 11.3 Å². The van der Waals surface area contributed by atoms with Crippen LogP contribution in [0.3, 0.4) is 0 Å². The van der Waals surface area contributed by atoms with E-state index in [9.17, 15) is 4.79 Å². The highest BCUT2D eigenvalue weighted by Gasteiger charge is 2.07. The summed E-state index contributed by atoms with van der Waals surface area (Å²) in [6.07, 6.45) is 0. The van der Waals surface area contributed by atoms with E-state index in [0.29, 0.717) is 13.1 Å². The van der Waals surface area contributed by atoms with Crippen molar-refractivity contribution in [1.82, 2.24) is 10.6 Å². The van der Waals surface area contributed by atoms with Gasteiger partial charge in [-0.3, -0.25) is 4.79 Å². The molecule has 112 valence electrons. The minimum atomic E-state index is -0.0262. The van der Waals surface area contributed by atoms with Gasteiger partial charge < -0.3 is 15.7 Å². The summed E-state index contributed by atoms with van der Waals surface area (Å²) in [5, 5.41) is 17.3. The fraction of sp³-hybridized carbons (Fsp3) is 0.312. The van der Waals surface area contributed by atoms with Crippen molar-refractivity contribution >= 4 is 17.2 Å². The van der Waals surface area contributed by atoms with Crippen LogP contribution in [-0.4, -0.2) is 24.1 Å². The molecule has 0 saturated heterocycles. The predicted molar refractivity (Wildman–Crippen MR) is 85.4 cm³/mol. The van der Waals surface area contributed by atoms with Crippen molar-refractivity contribution in [2.75, 3.05) is 13.1 Å². The van der Waals surface area contributed by atoms with E-state index in [2.05, 4.69) is 17.6 Å². The van der Waals surface area contributed by atoms with Gasteiger partial charge in [0.15, 0.2) is 0 Å². The molecule has 0 aliphatic rings. The van der Waals surface area contributed by atoms with E-state index in [-0.39, 0.29) is 18.6 Å². The Bertz CT molecular complexity index is 569. The second kappa shape index (κ2) is 7.93. The minimum absolute atomic E-state index is 0.0262. The van der Waals surface area contributed by atoms with Crippen LogP contribution in [-0.2, 0) is 6.61 Å². The fourth-order valence-corrected chi connectivity index (χ4v) is 2.68. The Kier molecular flexibility index (Phi) is 5.92. The van der Waals surface area contributed by atoms with Crippen LogP contribution in [0.2, 0.25) is 0 Å². The molecule has 1 aromatic carbocycles. The number of thiophene rings is 1. The Morgan fingerprint density at radius 2 is 2.14 bits per heavy atom. The number of carbonyl (C=O) groups excluding carboxylic acids is 1. The molecule has 0 aliphatic carbocycles. The Labute approximate surface area is 128 Å². The number of aliphatic hydroxyl groups excluding tert-OH is 1. The van der Waals surface area contributed by atoms with Gasteiger partial charge in [0.2, 0.25) is 0 Å². The summed E-state index contributed by atoms with van der Waals surface area (Å²) in [6, 6.07) is 11.7. The monoisotopic (exact) mass is 304 g/mol. The number of hydrogen-bond donors (Lipinski definition) is 3. The lowest BCUT2D eigenvalue weighted by molar-refractivity contribution is 0.0957. The first-order valence-electron chi connectivity index (χ1n) is 6.95. The zero-order valence-corrected chi connectivity index (χ0v) is 12.8. The van der Waals surface area contributed by atoms with Crippen LogP contribution in [0.15, 0.2) is 41.8 Å². The maximum absolute atomic E-state index is 11.7. The first kappa shape index (κ1) is 15.7. The SMILES string of the molecule is CC(NCCNC(=O)c1cccs1)c1cccc(CO)c1. The molecule has 1 aromatic heterocycles. The maximum Gasteiger partial charge on any atom is 0.261 e. The molecule has 1 heterocycles. The molecule has 0 fully saturated rings. The molecule has 0 bridgehead atoms. The quantitative estimate of drug-likeness (QED) is 0.688. The Hall–Kier alpha value is -1.69. The van der Waals surface area contributed by atoms with E-state index in [1.165, 1.54) is 11.3 Å². The summed E-state index contributed by atoms with van der Waals surface area (Å²) in [5.41, 5.74) is 2.04. The van der Waals surface area contributed by atoms with Crippen molar-refractivity contribution in [1.29, 1.82) is 0 Å². The average molecular weight is 304 g/mol. The van der Waals surface area contributed by atoms with Gasteiger partial charge in [-0.1, -0.05) is 30.3 Å². The van der Waals surface area contributed by atoms with Crippen molar-refractivity contribution in [3.8, 4) is 0 Å². The lowest BCUT2D eigenvalue weighted by Crippen LogP contribution is -2.32. The lowest BCUT2D eigenvalue weighted by atomic mass is 10.1. The van der Waals surface area contributed by atoms with Crippen LogP contribution < -0.4 is 10.6 Å². The van der Waals surface area contributed by atoms with Crippen LogP contribution in [0.4, 0.5) is 0 Å². The second-order valence-corrected chi connectivity index (χ2v) is 5.76. The van der Waals surface area contributed by atoms with Crippen LogP contribution in [0.5, 0.6) is 0 Å². The maximum atomic E-state index is 11.7. The molecule has 0 aliphatic heterocycles. The number of hydrogen-bond acceptors (Lipinski definition) is 4. The molecule has 1 unspecified atom stereocenters. The van der Waals surface area contributed by atoms with Crippen LogP contribution in [0, 0.1) is 0 Å². The molecule has 1 atom stereocenters. The third-order valence-corrected chi connectivity index (χ3v) is 4.11. The predicted octanol–water partition coefficient (Wildman–Crippen LogP) is 2.32. The molecule has 4 nitrogen and oxygen atoms in total. The van der Waals surface area contributed by atoms with Gasteiger partial charge in [-0.15, -0.1) is 11.3 Å². The second-order valence-electron chi connectivity index (χ2n) is 4.81. The first-order chi connectivity index (χ1) is 10.2. The molecule has 0 spiro atoms. The van der Waals surface area contributed by atoms with Gasteiger partial charge in [-0.2, -0.15) is 0 Å². The first-order valence-corrected chi connectivity index (χ1v) is 7.83. The molecule has 2 aromatic rings. The summed E-state index contributed by atoms with van der Waals surface area (Å²) in [5.74, 6) is -0.0262. The van der Waals surface area contributed by atoms with Gasteiger partial charge in [0.05, 0.1) is 11.5 Å². The van der Waals surface area contributed by atoms with Gasteiger partial charge in [-0.25, -0.2) is 0 Å². The summed E-state index contributed by atoms with van der Waals surface area (Å²) >= 11 is 1.44. The van der Waals surface area contributed by atoms with E-state index < -0.39 is 0 Å². The third-order valence-electron chi connectivity index (χ3n) is 3.24. The Morgan fingerprint density at radius 3 is 2.86 bits per heavy atom. The van der Waals surface area contributed by atoms with Crippen molar-refractivity contribution in [2.45, 2.75) is 19.6 Å². The molecule has 0 saturated carbocycles. The van der Waals surface area contributed by atoms with E-state index in [1.807, 2.05) is 41.8 Å². The largest absolute Gasteiger partial charge is 0.392 e. The number of amides is 1. The molecule has 21 heavy (non-hydrogen) atoms. The van der Waals surface area contributed by atoms with Crippen molar-refractivity contribution in [2.24, 2.45) is 0 Å². The van der Waals surface area contributed by atoms with Gasteiger partial charge in [0.25, 0.3) is 5.91 Å². The summed E-state index contributed by atoms with van der Waals surface area (Å²) in [7, 11) is 0. The molecule has 3 N–H and O–H groups in total. The standard InChI is InChI=1S/C16H20N2O2S/c1-12(14-5-2-4-13(10-14)11-19)17-7-8-18-16(20)15-6-3-9-21-15/h2-6,9-10,12,17,19H,7-8,11H2,1H3,(H,18,20). The number of aliphatic hydroxyl groups is 1. The highest BCUT2D eigenvalue weighted by molar-refractivity contribution is 7.12. The molecule has 1 amide bonds. The number of carbonyl (C=O) groups is 1. The fourth-order valence-electron chi connectivity index (χ4n) is 2.04. The zero-order valence-electron chi connectivity index (χ0n) is 12.0. The summed E-state index contributed by atoms with van der Waals surface area (Å²) in [4.78, 5) is 12.5. The van der Waals surface area contributed by atoms with E-state index >= 15 is 0 Å².